The van der Waals surface area contributed by atoms with Crippen LogP contribution in [0.3, 0.4) is 0 Å². The molecule has 23 heavy (non-hydrogen) atoms. The highest BCUT2D eigenvalue weighted by Crippen LogP contribution is 2.09. The number of amides is 1. The molecule has 1 fully saturated rings. The number of nitrogens with zero attached hydrogens (tertiary/aromatic N) is 1. The van der Waals surface area contributed by atoms with Crippen LogP contribution in [-0.4, -0.2) is 49.7 Å². The van der Waals surface area contributed by atoms with E-state index >= 15 is 0 Å². The molecule has 1 saturated heterocycles. The quantitative estimate of drug-likeness (QED) is 0.837. The summed E-state index contributed by atoms with van der Waals surface area (Å²) in [4.78, 5) is 14.3. The Kier molecular flexibility index (Phi) is 6.99. The molecule has 1 aliphatic rings. The van der Waals surface area contributed by atoms with Gasteiger partial charge in [-0.25, -0.2) is 4.39 Å². The van der Waals surface area contributed by atoms with E-state index < -0.39 is 0 Å². The first kappa shape index (κ1) is 17.9. The monoisotopic (exact) mass is 322 g/mol. The maximum Gasteiger partial charge on any atom is 0.220 e. The van der Waals surface area contributed by atoms with Crippen LogP contribution in [0.25, 0.3) is 0 Å². The summed E-state index contributed by atoms with van der Waals surface area (Å²) in [6.07, 6.45) is 0.757. The Morgan fingerprint density at radius 3 is 2.96 bits per heavy atom. The molecule has 1 aromatic rings. The normalized spacial score (nSPS) is 19.0. The Morgan fingerprint density at radius 1 is 1.43 bits per heavy atom. The average molecular weight is 322 g/mol. The fourth-order valence-corrected chi connectivity index (χ4v) is 2.85. The van der Waals surface area contributed by atoms with Crippen molar-refractivity contribution in [3.8, 4) is 0 Å². The molecule has 4 nitrogen and oxygen atoms in total. The van der Waals surface area contributed by atoms with Crippen molar-refractivity contribution in [3.63, 3.8) is 0 Å². The van der Waals surface area contributed by atoms with Crippen molar-refractivity contribution in [1.82, 2.24) is 10.2 Å². The lowest BCUT2D eigenvalue weighted by molar-refractivity contribution is -0.122. The minimum absolute atomic E-state index is 0.0416. The van der Waals surface area contributed by atoms with Crippen molar-refractivity contribution >= 4 is 5.91 Å². The number of nitrogens with one attached hydrogen (secondary N) is 1. The molecule has 1 atom stereocenters. The van der Waals surface area contributed by atoms with E-state index in [9.17, 15) is 9.18 Å². The van der Waals surface area contributed by atoms with Gasteiger partial charge in [0.05, 0.1) is 12.7 Å². The molecule has 1 N–H and O–H groups in total. The van der Waals surface area contributed by atoms with Crippen LogP contribution in [-0.2, 0) is 16.0 Å². The number of hydrogen-bond acceptors (Lipinski definition) is 3. The highest BCUT2D eigenvalue weighted by molar-refractivity contribution is 5.76. The predicted molar refractivity (Wildman–Crippen MR) is 88.7 cm³/mol. The topological polar surface area (TPSA) is 41.6 Å². The van der Waals surface area contributed by atoms with Gasteiger partial charge in [-0.15, -0.1) is 0 Å². The summed E-state index contributed by atoms with van der Waals surface area (Å²) in [5.74, 6) is 0.321. The van der Waals surface area contributed by atoms with E-state index in [1.165, 1.54) is 6.07 Å². The summed E-state index contributed by atoms with van der Waals surface area (Å²) < 4.78 is 19.2. The van der Waals surface area contributed by atoms with Crippen LogP contribution in [0.2, 0.25) is 0 Å². The van der Waals surface area contributed by atoms with Gasteiger partial charge >= 0.3 is 0 Å². The van der Waals surface area contributed by atoms with Crippen molar-refractivity contribution in [2.24, 2.45) is 5.92 Å². The lowest BCUT2D eigenvalue weighted by atomic mass is 10.1. The molecule has 2 rings (SSSR count). The standard InChI is InChI=1S/C18H27FN2O2/c1-14(2)12-21-9-10-23-16(13-21)11-20-18(22)8-7-15-5-3-4-6-17(15)19/h3-6,14,16H,7-13H2,1-2H3,(H,20,22). The Morgan fingerprint density at radius 2 is 2.22 bits per heavy atom. The second kappa shape index (κ2) is 8.99. The summed E-state index contributed by atoms with van der Waals surface area (Å²) in [7, 11) is 0. The first-order valence-corrected chi connectivity index (χ1v) is 8.38. The Balaban J connectivity index is 1.69. The van der Waals surface area contributed by atoms with Crippen LogP contribution in [0, 0.1) is 11.7 Å². The van der Waals surface area contributed by atoms with E-state index in [2.05, 4.69) is 24.1 Å². The van der Waals surface area contributed by atoms with Gasteiger partial charge < -0.3 is 10.1 Å². The van der Waals surface area contributed by atoms with Crippen molar-refractivity contribution in [2.75, 3.05) is 32.8 Å². The fourth-order valence-electron chi connectivity index (χ4n) is 2.85. The third-order valence-electron chi connectivity index (χ3n) is 3.95. The average Bonchev–Trinajstić information content (AvgIpc) is 2.52. The predicted octanol–water partition coefficient (Wildman–Crippen LogP) is 2.23. The first-order valence-electron chi connectivity index (χ1n) is 8.38. The zero-order chi connectivity index (χ0) is 16.7. The van der Waals surface area contributed by atoms with Gasteiger partial charge in [0.15, 0.2) is 0 Å². The van der Waals surface area contributed by atoms with Crippen LogP contribution >= 0.6 is 0 Å². The fraction of sp³-hybridized carbons (Fsp3) is 0.611. The van der Waals surface area contributed by atoms with Gasteiger partial charge in [-0.3, -0.25) is 9.69 Å². The summed E-state index contributed by atoms with van der Waals surface area (Å²) >= 11 is 0. The molecule has 1 unspecified atom stereocenters. The molecule has 0 spiro atoms. The number of hydrogen-bond donors (Lipinski definition) is 1. The second-order valence-corrected chi connectivity index (χ2v) is 6.54. The van der Waals surface area contributed by atoms with Gasteiger partial charge in [-0.05, 0) is 24.0 Å². The second-order valence-electron chi connectivity index (χ2n) is 6.54. The van der Waals surface area contributed by atoms with Gasteiger partial charge in [0.25, 0.3) is 0 Å². The molecule has 0 aliphatic carbocycles. The molecule has 128 valence electrons. The zero-order valence-corrected chi connectivity index (χ0v) is 14.1. The molecule has 0 saturated carbocycles. The minimum Gasteiger partial charge on any atom is -0.374 e. The number of rotatable bonds is 7. The Hall–Kier alpha value is -1.46. The van der Waals surface area contributed by atoms with Crippen molar-refractivity contribution < 1.29 is 13.9 Å². The zero-order valence-electron chi connectivity index (χ0n) is 14.1. The number of ether oxygens (including phenoxy) is 1. The Labute approximate surface area is 138 Å². The molecule has 1 aliphatic heterocycles. The minimum atomic E-state index is -0.250. The van der Waals surface area contributed by atoms with Gasteiger partial charge in [-0.1, -0.05) is 32.0 Å². The van der Waals surface area contributed by atoms with Crippen LogP contribution in [0.4, 0.5) is 4.39 Å². The summed E-state index contributed by atoms with van der Waals surface area (Å²) in [6.45, 7) is 8.50. The van der Waals surface area contributed by atoms with Crippen molar-refractivity contribution in [3.05, 3.63) is 35.6 Å². The van der Waals surface area contributed by atoms with E-state index in [1.54, 1.807) is 18.2 Å². The van der Waals surface area contributed by atoms with Gasteiger partial charge in [-0.2, -0.15) is 0 Å². The van der Waals surface area contributed by atoms with Crippen LogP contribution in [0.15, 0.2) is 24.3 Å². The number of morpholine rings is 1. The van der Waals surface area contributed by atoms with E-state index in [1.807, 2.05) is 0 Å². The number of carbonyl (C=O) groups excluding carboxylic acids is 1. The van der Waals surface area contributed by atoms with Gasteiger partial charge in [0, 0.05) is 32.6 Å². The van der Waals surface area contributed by atoms with Gasteiger partial charge in [0.2, 0.25) is 5.91 Å². The lowest BCUT2D eigenvalue weighted by Crippen LogP contribution is -2.48. The Bertz CT molecular complexity index is 508. The number of halogens is 1. The molecule has 0 radical (unpaired) electrons. The molecule has 1 heterocycles. The number of aryl methyl sites for hydroxylation is 1. The first-order chi connectivity index (χ1) is 11.0. The SMILES string of the molecule is CC(C)CN1CCOC(CNC(=O)CCc2ccccc2F)C1. The molecule has 0 bridgehead atoms. The largest absolute Gasteiger partial charge is 0.374 e. The van der Waals surface area contributed by atoms with Crippen LogP contribution < -0.4 is 5.32 Å². The summed E-state index contributed by atoms with van der Waals surface area (Å²) in [5, 5.41) is 2.90. The maximum atomic E-state index is 13.5. The van der Waals surface area contributed by atoms with Crippen LogP contribution in [0.1, 0.15) is 25.8 Å². The van der Waals surface area contributed by atoms with E-state index in [4.69, 9.17) is 4.74 Å². The maximum absolute atomic E-state index is 13.5. The third kappa shape index (κ3) is 6.28. The van der Waals surface area contributed by atoms with E-state index in [0.717, 1.165) is 19.6 Å². The van der Waals surface area contributed by atoms with E-state index in [0.29, 0.717) is 37.5 Å². The van der Waals surface area contributed by atoms with Crippen molar-refractivity contribution in [1.29, 1.82) is 0 Å². The van der Waals surface area contributed by atoms with E-state index in [-0.39, 0.29) is 17.8 Å². The molecule has 5 heteroatoms. The summed E-state index contributed by atoms with van der Waals surface area (Å²) in [6, 6.07) is 6.58. The summed E-state index contributed by atoms with van der Waals surface area (Å²) in [5.41, 5.74) is 0.583. The number of carbonyl (C=O) groups is 1. The highest BCUT2D eigenvalue weighted by Gasteiger charge is 2.21. The molecule has 1 aromatic carbocycles. The van der Waals surface area contributed by atoms with Gasteiger partial charge in [0.1, 0.15) is 5.82 Å². The van der Waals surface area contributed by atoms with Crippen LogP contribution in [0.5, 0.6) is 0 Å². The molecular formula is C18H27FN2O2. The third-order valence-corrected chi connectivity index (χ3v) is 3.95. The molecular weight excluding hydrogens is 295 g/mol. The lowest BCUT2D eigenvalue weighted by Gasteiger charge is -2.33. The van der Waals surface area contributed by atoms with Crippen molar-refractivity contribution in [2.45, 2.75) is 32.8 Å². The highest BCUT2D eigenvalue weighted by atomic mass is 19.1. The molecule has 0 aromatic heterocycles. The number of benzene rings is 1. The smallest absolute Gasteiger partial charge is 0.220 e. The molecule has 1 amide bonds.